The Morgan fingerprint density at radius 2 is 0.978 bits per heavy atom. The number of rotatable bonds is 4. The van der Waals surface area contributed by atoms with Gasteiger partial charge in [-0.2, -0.15) is 0 Å². The summed E-state index contributed by atoms with van der Waals surface area (Å²) in [5.74, 6) is 1.66. The van der Waals surface area contributed by atoms with Crippen molar-refractivity contribution in [1.82, 2.24) is 4.98 Å². The average Bonchev–Trinajstić information content (AvgIpc) is 3.11. The zero-order chi connectivity index (χ0) is 29.7. The first kappa shape index (κ1) is 25.5. The average molecular weight is 574 g/mol. The molecule has 0 N–H and O–H groups in total. The molecule has 2 heteroatoms. The molecule has 0 saturated heterocycles. The van der Waals surface area contributed by atoms with Crippen molar-refractivity contribution in [3.05, 3.63) is 164 Å². The van der Waals surface area contributed by atoms with Crippen LogP contribution in [0.2, 0.25) is 0 Å². The molecule has 0 radical (unpaired) electrons. The normalized spacial score (nSPS) is 11.6. The van der Waals surface area contributed by atoms with Gasteiger partial charge in [-0.1, -0.05) is 133 Å². The summed E-state index contributed by atoms with van der Waals surface area (Å²) in [7, 11) is 0. The van der Waals surface area contributed by atoms with E-state index in [0.717, 1.165) is 44.2 Å². The predicted octanol–water partition coefficient (Wildman–Crippen LogP) is 12.0. The van der Waals surface area contributed by atoms with Crippen molar-refractivity contribution in [3.8, 4) is 33.8 Å². The van der Waals surface area contributed by atoms with Gasteiger partial charge in [0.1, 0.15) is 11.5 Å². The first-order valence-corrected chi connectivity index (χ1v) is 15.3. The number of benzene rings is 8. The third kappa shape index (κ3) is 4.07. The van der Waals surface area contributed by atoms with Crippen LogP contribution in [0.25, 0.3) is 76.1 Å². The van der Waals surface area contributed by atoms with Gasteiger partial charge in [0.05, 0.1) is 0 Å². The zero-order valence-electron chi connectivity index (χ0n) is 24.4. The number of nitrogens with zero attached hydrogens (tertiary/aromatic N) is 1. The van der Waals surface area contributed by atoms with Gasteiger partial charge in [-0.3, -0.25) is 4.98 Å². The lowest BCUT2D eigenvalue weighted by Gasteiger charge is -2.20. The highest BCUT2D eigenvalue weighted by atomic mass is 16.5. The van der Waals surface area contributed by atoms with E-state index in [1.807, 2.05) is 18.5 Å². The summed E-state index contributed by atoms with van der Waals surface area (Å²) < 4.78 is 7.06. The highest BCUT2D eigenvalue weighted by Gasteiger charge is 2.20. The van der Waals surface area contributed by atoms with Gasteiger partial charge < -0.3 is 4.74 Å². The van der Waals surface area contributed by atoms with Crippen molar-refractivity contribution < 1.29 is 4.74 Å². The molecule has 0 saturated carbocycles. The molecule has 0 atom stereocenters. The minimum absolute atomic E-state index is 0.820. The molecule has 8 aromatic carbocycles. The number of aromatic nitrogens is 1. The molecule has 210 valence electrons. The molecule has 0 unspecified atom stereocenters. The molecule has 45 heavy (non-hydrogen) atoms. The SMILES string of the molecule is c1ccc(-c2cccc3ccccc23)c(Oc2c3ccccc3c(-c3cc4ccccc4c4ccccc34)c3cnccc23)c1. The second-order valence-electron chi connectivity index (χ2n) is 11.5. The topological polar surface area (TPSA) is 22.1 Å². The highest BCUT2D eigenvalue weighted by Crippen LogP contribution is 2.48. The third-order valence-electron chi connectivity index (χ3n) is 8.99. The molecule has 0 bridgehead atoms. The summed E-state index contributed by atoms with van der Waals surface area (Å²) >= 11 is 0. The van der Waals surface area contributed by atoms with Crippen molar-refractivity contribution in [2.24, 2.45) is 0 Å². The number of fused-ring (bicyclic) bond motifs is 6. The summed E-state index contributed by atoms with van der Waals surface area (Å²) in [5, 5.41) is 11.7. The van der Waals surface area contributed by atoms with Crippen molar-refractivity contribution in [3.63, 3.8) is 0 Å². The monoisotopic (exact) mass is 573 g/mol. The quantitative estimate of drug-likeness (QED) is 0.154. The summed E-state index contributed by atoms with van der Waals surface area (Å²) in [4.78, 5) is 4.64. The molecule has 0 aliphatic rings. The molecule has 0 spiro atoms. The van der Waals surface area contributed by atoms with Crippen LogP contribution < -0.4 is 4.74 Å². The Labute approximate surface area is 260 Å². The Morgan fingerprint density at radius 3 is 1.84 bits per heavy atom. The van der Waals surface area contributed by atoms with Crippen LogP contribution in [-0.2, 0) is 0 Å². The Bertz CT molecular complexity index is 2520. The largest absolute Gasteiger partial charge is 0.455 e. The molecule has 0 amide bonds. The second kappa shape index (κ2) is 10.3. The van der Waals surface area contributed by atoms with Crippen LogP contribution in [0.15, 0.2) is 164 Å². The molecule has 1 aromatic heterocycles. The fraction of sp³-hybridized carbons (Fsp3) is 0. The molecular weight excluding hydrogens is 546 g/mol. The van der Waals surface area contributed by atoms with Crippen LogP contribution in [0.4, 0.5) is 0 Å². The van der Waals surface area contributed by atoms with Gasteiger partial charge in [-0.15, -0.1) is 0 Å². The second-order valence-corrected chi connectivity index (χ2v) is 11.5. The highest BCUT2D eigenvalue weighted by molar-refractivity contribution is 6.23. The van der Waals surface area contributed by atoms with Crippen molar-refractivity contribution in [2.75, 3.05) is 0 Å². The van der Waals surface area contributed by atoms with E-state index in [0.29, 0.717) is 0 Å². The Balaban J connectivity index is 1.33. The molecule has 0 fully saturated rings. The molecule has 0 aliphatic heterocycles. The summed E-state index contributed by atoms with van der Waals surface area (Å²) in [5.41, 5.74) is 4.58. The Kier molecular flexibility index (Phi) is 5.85. The third-order valence-corrected chi connectivity index (χ3v) is 8.99. The summed E-state index contributed by atoms with van der Waals surface area (Å²) in [6, 6.07) is 53.7. The fourth-order valence-corrected chi connectivity index (χ4v) is 6.99. The molecular formula is C43H27NO. The number of hydrogen-bond acceptors (Lipinski definition) is 2. The van der Waals surface area contributed by atoms with E-state index in [4.69, 9.17) is 4.74 Å². The Morgan fingerprint density at radius 1 is 0.378 bits per heavy atom. The van der Waals surface area contributed by atoms with Gasteiger partial charge in [0, 0.05) is 34.1 Å². The van der Waals surface area contributed by atoms with Crippen LogP contribution in [0.5, 0.6) is 11.5 Å². The van der Waals surface area contributed by atoms with E-state index < -0.39 is 0 Å². The lowest BCUT2D eigenvalue weighted by Crippen LogP contribution is -1.95. The predicted molar refractivity (Wildman–Crippen MR) is 189 cm³/mol. The van der Waals surface area contributed by atoms with Gasteiger partial charge in [0.15, 0.2) is 0 Å². The van der Waals surface area contributed by atoms with Crippen LogP contribution in [0.1, 0.15) is 0 Å². The van der Waals surface area contributed by atoms with Gasteiger partial charge in [0.2, 0.25) is 0 Å². The van der Waals surface area contributed by atoms with E-state index in [-0.39, 0.29) is 0 Å². The maximum Gasteiger partial charge on any atom is 0.143 e. The van der Waals surface area contributed by atoms with Gasteiger partial charge >= 0.3 is 0 Å². The van der Waals surface area contributed by atoms with Crippen molar-refractivity contribution in [1.29, 1.82) is 0 Å². The minimum atomic E-state index is 0.820. The van der Waals surface area contributed by atoms with Crippen molar-refractivity contribution >= 4 is 53.9 Å². The first-order chi connectivity index (χ1) is 22.3. The molecule has 9 rings (SSSR count). The molecule has 1 heterocycles. The Hall–Kier alpha value is -5.99. The lowest BCUT2D eigenvalue weighted by molar-refractivity contribution is 0.495. The lowest BCUT2D eigenvalue weighted by atomic mass is 9.87. The molecule has 2 nitrogen and oxygen atoms in total. The maximum absolute atomic E-state index is 7.06. The standard InChI is InChI=1S/C43H27NO/c1-3-15-30-28(12-1)14-11-22-33(30)35-19-9-10-23-41(35)45-43-37-21-8-7-20-36(37)42(40-27-44-25-24-38(40)43)39-26-29-13-2-4-16-31(29)32-17-5-6-18-34(32)39/h1-27H. The fourth-order valence-electron chi connectivity index (χ4n) is 6.99. The zero-order valence-corrected chi connectivity index (χ0v) is 24.4. The van der Waals surface area contributed by atoms with Gasteiger partial charge in [-0.25, -0.2) is 0 Å². The summed E-state index contributed by atoms with van der Waals surface area (Å²) in [6.45, 7) is 0. The van der Waals surface area contributed by atoms with Crippen LogP contribution in [0.3, 0.4) is 0 Å². The van der Waals surface area contributed by atoms with E-state index in [1.165, 1.54) is 43.4 Å². The van der Waals surface area contributed by atoms with E-state index in [9.17, 15) is 0 Å². The van der Waals surface area contributed by atoms with E-state index in [2.05, 4.69) is 151 Å². The number of para-hydroxylation sites is 1. The minimum Gasteiger partial charge on any atom is -0.455 e. The smallest absolute Gasteiger partial charge is 0.143 e. The van der Waals surface area contributed by atoms with E-state index in [1.54, 1.807) is 0 Å². The summed E-state index contributed by atoms with van der Waals surface area (Å²) in [6.07, 6.45) is 3.85. The number of ether oxygens (including phenoxy) is 1. The van der Waals surface area contributed by atoms with Gasteiger partial charge in [0.25, 0.3) is 0 Å². The maximum atomic E-state index is 7.06. The van der Waals surface area contributed by atoms with Crippen LogP contribution >= 0.6 is 0 Å². The van der Waals surface area contributed by atoms with Crippen LogP contribution in [0, 0.1) is 0 Å². The number of hydrogen-bond donors (Lipinski definition) is 0. The number of pyridine rings is 1. The van der Waals surface area contributed by atoms with E-state index >= 15 is 0 Å². The molecule has 9 aromatic rings. The first-order valence-electron chi connectivity index (χ1n) is 15.3. The molecule has 0 aliphatic carbocycles. The van der Waals surface area contributed by atoms with Crippen molar-refractivity contribution in [2.45, 2.75) is 0 Å². The van der Waals surface area contributed by atoms with Crippen LogP contribution in [-0.4, -0.2) is 4.98 Å². The van der Waals surface area contributed by atoms with Gasteiger partial charge in [-0.05, 0) is 72.6 Å².